The summed E-state index contributed by atoms with van der Waals surface area (Å²) < 4.78 is 5.62. The van der Waals surface area contributed by atoms with Crippen LogP contribution in [0.2, 0.25) is 0 Å². The monoisotopic (exact) mass is 309 g/mol. The van der Waals surface area contributed by atoms with Crippen LogP contribution in [0.3, 0.4) is 0 Å². The smallest absolute Gasteiger partial charge is 0.335 e. The van der Waals surface area contributed by atoms with Gasteiger partial charge in [-0.2, -0.15) is 11.8 Å². The Morgan fingerprint density at radius 2 is 2.33 bits per heavy atom. The van der Waals surface area contributed by atoms with E-state index in [1.807, 2.05) is 11.8 Å². The van der Waals surface area contributed by atoms with E-state index in [0.717, 1.165) is 11.8 Å². The second-order valence-electron chi connectivity index (χ2n) is 5.17. The number of nitrogens with one attached hydrogen (secondary N) is 1. The first-order valence-electron chi connectivity index (χ1n) is 7.52. The number of aromatic carboxylic acids is 1. The molecule has 1 aliphatic rings. The van der Waals surface area contributed by atoms with Crippen molar-refractivity contribution < 1.29 is 14.6 Å². The summed E-state index contributed by atoms with van der Waals surface area (Å²) in [5.41, 5.74) is 0.260. The Morgan fingerprint density at radius 1 is 1.48 bits per heavy atom. The zero-order valence-corrected chi connectivity index (χ0v) is 13.2. The SMILES string of the molecule is CCSC1CCCC1NCCOc1cccc(C(=O)O)c1. The van der Waals surface area contributed by atoms with E-state index in [-0.39, 0.29) is 5.56 Å². The standard InChI is InChI=1S/C16H23NO3S/c1-2-21-15-8-4-7-14(15)17-9-10-20-13-6-3-5-12(11-13)16(18)19/h3,5-6,11,14-15,17H,2,4,7-10H2,1H3,(H,18,19). The summed E-state index contributed by atoms with van der Waals surface area (Å²) in [6.07, 6.45) is 3.85. The third kappa shape index (κ3) is 4.93. The van der Waals surface area contributed by atoms with Gasteiger partial charge in [0.25, 0.3) is 0 Å². The second kappa shape index (κ2) is 8.29. The second-order valence-corrected chi connectivity index (χ2v) is 6.68. The molecule has 0 spiro atoms. The highest BCUT2D eigenvalue weighted by Crippen LogP contribution is 2.29. The van der Waals surface area contributed by atoms with Gasteiger partial charge in [-0.25, -0.2) is 4.79 Å². The summed E-state index contributed by atoms with van der Waals surface area (Å²) in [6.45, 7) is 3.56. The molecule has 2 rings (SSSR count). The fourth-order valence-electron chi connectivity index (χ4n) is 2.71. The zero-order valence-electron chi connectivity index (χ0n) is 12.4. The highest BCUT2D eigenvalue weighted by Gasteiger charge is 2.26. The molecule has 0 radical (unpaired) electrons. The fraction of sp³-hybridized carbons (Fsp3) is 0.562. The lowest BCUT2D eigenvalue weighted by Gasteiger charge is -2.20. The van der Waals surface area contributed by atoms with Crippen molar-refractivity contribution in [3.8, 4) is 5.75 Å². The van der Waals surface area contributed by atoms with Crippen LogP contribution in [0, 0.1) is 0 Å². The van der Waals surface area contributed by atoms with Crippen molar-refractivity contribution in [2.45, 2.75) is 37.5 Å². The minimum absolute atomic E-state index is 0.260. The Kier molecular flexibility index (Phi) is 6.39. The highest BCUT2D eigenvalue weighted by molar-refractivity contribution is 7.99. The van der Waals surface area contributed by atoms with E-state index < -0.39 is 5.97 Å². The van der Waals surface area contributed by atoms with Crippen LogP contribution in [0.5, 0.6) is 5.75 Å². The van der Waals surface area contributed by atoms with Gasteiger partial charge in [0.2, 0.25) is 0 Å². The van der Waals surface area contributed by atoms with Gasteiger partial charge in [-0.3, -0.25) is 0 Å². The zero-order chi connectivity index (χ0) is 15.1. The Labute approximate surface area is 130 Å². The molecule has 2 N–H and O–H groups in total. The van der Waals surface area contributed by atoms with Crippen molar-refractivity contribution in [2.75, 3.05) is 18.9 Å². The molecular weight excluding hydrogens is 286 g/mol. The van der Waals surface area contributed by atoms with Gasteiger partial charge in [-0.1, -0.05) is 19.4 Å². The van der Waals surface area contributed by atoms with Crippen LogP contribution in [0.15, 0.2) is 24.3 Å². The average Bonchev–Trinajstić information content (AvgIpc) is 2.92. The van der Waals surface area contributed by atoms with Gasteiger partial charge in [0, 0.05) is 17.8 Å². The van der Waals surface area contributed by atoms with Crippen molar-refractivity contribution in [3.63, 3.8) is 0 Å². The van der Waals surface area contributed by atoms with Gasteiger partial charge in [-0.05, 0) is 36.8 Å². The lowest BCUT2D eigenvalue weighted by Crippen LogP contribution is -2.36. The predicted molar refractivity (Wildman–Crippen MR) is 86.5 cm³/mol. The Balaban J connectivity index is 1.72. The molecule has 21 heavy (non-hydrogen) atoms. The number of carboxylic acids is 1. The molecule has 1 fully saturated rings. The molecule has 1 aliphatic carbocycles. The quantitative estimate of drug-likeness (QED) is 0.723. The van der Waals surface area contributed by atoms with Crippen molar-refractivity contribution >= 4 is 17.7 Å². The highest BCUT2D eigenvalue weighted by atomic mass is 32.2. The molecule has 116 valence electrons. The molecule has 0 aromatic heterocycles. The number of carboxylic acid groups (broad SMARTS) is 1. The van der Waals surface area contributed by atoms with Crippen LogP contribution in [-0.4, -0.2) is 41.3 Å². The molecule has 1 aromatic carbocycles. The number of rotatable bonds is 8. The number of carbonyl (C=O) groups is 1. The molecule has 0 aliphatic heterocycles. The van der Waals surface area contributed by atoms with Crippen LogP contribution in [0.1, 0.15) is 36.5 Å². The first-order chi connectivity index (χ1) is 10.2. The maximum Gasteiger partial charge on any atom is 0.335 e. The van der Waals surface area contributed by atoms with E-state index in [1.54, 1.807) is 24.3 Å². The summed E-state index contributed by atoms with van der Waals surface area (Å²) in [6, 6.07) is 7.21. The van der Waals surface area contributed by atoms with Gasteiger partial charge >= 0.3 is 5.97 Å². The molecule has 0 bridgehead atoms. The normalized spacial score (nSPS) is 21.4. The predicted octanol–water partition coefficient (Wildman–Crippen LogP) is 3.03. The van der Waals surface area contributed by atoms with Gasteiger partial charge in [0.15, 0.2) is 0 Å². The lowest BCUT2D eigenvalue weighted by molar-refractivity contribution is 0.0696. The largest absolute Gasteiger partial charge is 0.492 e. The molecule has 5 heteroatoms. The molecule has 0 heterocycles. The van der Waals surface area contributed by atoms with Gasteiger partial charge < -0.3 is 15.2 Å². The van der Waals surface area contributed by atoms with Crippen LogP contribution in [-0.2, 0) is 0 Å². The van der Waals surface area contributed by atoms with E-state index in [9.17, 15) is 4.79 Å². The fourth-order valence-corrected chi connectivity index (χ4v) is 3.93. The Hall–Kier alpha value is -1.20. The number of hydrogen-bond donors (Lipinski definition) is 2. The van der Waals surface area contributed by atoms with Crippen molar-refractivity contribution in [2.24, 2.45) is 0 Å². The van der Waals surface area contributed by atoms with Crippen molar-refractivity contribution in [1.82, 2.24) is 5.32 Å². The van der Waals surface area contributed by atoms with Gasteiger partial charge in [-0.15, -0.1) is 0 Å². The Bertz CT molecular complexity index is 467. The van der Waals surface area contributed by atoms with Crippen LogP contribution in [0.4, 0.5) is 0 Å². The van der Waals surface area contributed by atoms with Crippen molar-refractivity contribution in [1.29, 1.82) is 0 Å². The first-order valence-corrected chi connectivity index (χ1v) is 8.56. The molecule has 1 saturated carbocycles. The number of ether oxygens (including phenoxy) is 1. The van der Waals surface area contributed by atoms with E-state index >= 15 is 0 Å². The summed E-state index contributed by atoms with van der Waals surface area (Å²) in [4.78, 5) is 10.9. The minimum atomic E-state index is -0.927. The van der Waals surface area contributed by atoms with E-state index in [1.165, 1.54) is 25.0 Å². The topological polar surface area (TPSA) is 58.6 Å². The van der Waals surface area contributed by atoms with E-state index in [0.29, 0.717) is 18.4 Å². The number of thioether (sulfide) groups is 1. The third-order valence-corrected chi connectivity index (χ3v) is 5.02. The molecule has 2 atom stereocenters. The van der Waals surface area contributed by atoms with E-state index in [4.69, 9.17) is 9.84 Å². The lowest BCUT2D eigenvalue weighted by atomic mass is 10.2. The van der Waals surface area contributed by atoms with Crippen LogP contribution >= 0.6 is 11.8 Å². The third-order valence-electron chi connectivity index (χ3n) is 3.69. The number of hydrogen-bond acceptors (Lipinski definition) is 4. The first kappa shape index (κ1) is 16.2. The minimum Gasteiger partial charge on any atom is -0.492 e. The van der Waals surface area contributed by atoms with Gasteiger partial charge in [0.1, 0.15) is 12.4 Å². The summed E-state index contributed by atoms with van der Waals surface area (Å²) in [7, 11) is 0. The van der Waals surface area contributed by atoms with Crippen LogP contribution in [0.25, 0.3) is 0 Å². The molecular formula is C16H23NO3S. The summed E-state index contributed by atoms with van der Waals surface area (Å²) >= 11 is 2.04. The molecule has 0 saturated heterocycles. The maximum absolute atomic E-state index is 10.9. The molecule has 0 amide bonds. The molecule has 2 unspecified atom stereocenters. The average molecular weight is 309 g/mol. The van der Waals surface area contributed by atoms with E-state index in [2.05, 4.69) is 12.2 Å². The maximum atomic E-state index is 10.9. The van der Waals surface area contributed by atoms with Crippen LogP contribution < -0.4 is 10.1 Å². The molecule has 1 aromatic rings. The molecule has 4 nitrogen and oxygen atoms in total. The number of benzene rings is 1. The van der Waals surface area contributed by atoms with Gasteiger partial charge in [0.05, 0.1) is 5.56 Å². The Morgan fingerprint density at radius 3 is 3.10 bits per heavy atom. The van der Waals surface area contributed by atoms with Crippen molar-refractivity contribution in [3.05, 3.63) is 29.8 Å². The summed E-state index contributed by atoms with van der Waals surface area (Å²) in [5.74, 6) is 0.855. The summed E-state index contributed by atoms with van der Waals surface area (Å²) in [5, 5.41) is 13.2.